The second-order valence-corrected chi connectivity index (χ2v) is 7.63. The highest BCUT2D eigenvalue weighted by molar-refractivity contribution is 7.99. The molecule has 1 heterocycles. The van der Waals surface area contributed by atoms with E-state index in [1.54, 1.807) is 54.6 Å². The van der Waals surface area contributed by atoms with Crippen LogP contribution in [0, 0.1) is 5.82 Å². The number of thioether (sulfide) groups is 1. The van der Waals surface area contributed by atoms with Gasteiger partial charge < -0.3 is 0 Å². The third-order valence-corrected chi connectivity index (χ3v) is 5.45. The van der Waals surface area contributed by atoms with Crippen molar-refractivity contribution in [1.29, 1.82) is 0 Å². The lowest BCUT2D eigenvalue weighted by Crippen LogP contribution is -2.42. The van der Waals surface area contributed by atoms with Crippen molar-refractivity contribution in [1.82, 2.24) is 20.4 Å². The number of carbonyl (C=O) groups is 2. The molecule has 32 heavy (non-hydrogen) atoms. The Balaban J connectivity index is 1.55. The van der Waals surface area contributed by atoms with Gasteiger partial charge >= 0.3 is 0 Å². The van der Waals surface area contributed by atoms with Crippen LogP contribution in [-0.4, -0.2) is 27.1 Å². The van der Waals surface area contributed by atoms with Crippen molar-refractivity contribution in [2.45, 2.75) is 5.16 Å². The topological polar surface area (TPSA) is 93.1 Å². The Bertz CT molecular complexity index is 1340. The zero-order valence-corrected chi connectivity index (χ0v) is 17.4. The van der Waals surface area contributed by atoms with Gasteiger partial charge in [0.2, 0.25) is 5.91 Å². The molecule has 0 aliphatic carbocycles. The number of rotatable bonds is 5. The van der Waals surface area contributed by atoms with Crippen LogP contribution < -0.4 is 16.4 Å². The van der Waals surface area contributed by atoms with Gasteiger partial charge in [-0.2, -0.15) is 0 Å². The number of halogens is 1. The summed E-state index contributed by atoms with van der Waals surface area (Å²) >= 11 is 1.03. The Kier molecular flexibility index (Phi) is 6.27. The third-order valence-electron chi connectivity index (χ3n) is 4.51. The Morgan fingerprint density at radius 1 is 0.906 bits per heavy atom. The highest BCUT2D eigenvalue weighted by Crippen LogP contribution is 2.21. The first kappa shape index (κ1) is 21.3. The molecule has 1 aromatic heterocycles. The molecule has 0 atom stereocenters. The lowest BCUT2D eigenvalue weighted by molar-refractivity contribution is -0.119. The van der Waals surface area contributed by atoms with E-state index >= 15 is 0 Å². The monoisotopic (exact) mass is 448 g/mol. The summed E-state index contributed by atoms with van der Waals surface area (Å²) in [7, 11) is 0. The van der Waals surface area contributed by atoms with E-state index < -0.39 is 17.6 Å². The number of fused-ring (bicyclic) bond motifs is 1. The Morgan fingerprint density at radius 3 is 2.34 bits per heavy atom. The summed E-state index contributed by atoms with van der Waals surface area (Å²) in [5, 5.41) is 0.672. The lowest BCUT2D eigenvalue weighted by atomic mass is 10.2. The Morgan fingerprint density at radius 2 is 1.59 bits per heavy atom. The van der Waals surface area contributed by atoms with Crippen molar-refractivity contribution in [3.8, 4) is 5.69 Å². The highest BCUT2D eigenvalue weighted by atomic mass is 32.2. The molecule has 0 radical (unpaired) electrons. The van der Waals surface area contributed by atoms with Crippen molar-refractivity contribution in [2.75, 3.05) is 5.75 Å². The molecule has 0 saturated carbocycles. The van der Waals surface area contributed by atoms with E-state index in [-0.39, 0.29) is 16.5 Å². The molecule has 0 aliphatic rings. The summed E-state index contributed by atoms with van der Waals surface area (Å²) in [6.07, 6.45) is 0. The van der Waals surface area contributed by atoms with E-state index in [1.165, 1.54) is 28.8 Å². The summed E-state index contributed by atoms with van der Waals surface area (Å²) in [4.78, 5) is 42.0. The molecule has 0 saturated heterocycles. The normalized spacial score (nSPS) is 10.7. The first-order valence-corrected chi connectivity index (χ1v) is 10.6. The number of aromatic nitrogens is 2. The van der Waals surface area contributed by atoms with Crippen LogP contribution in [0.2, 0.25) is 0 Å². The van der Waals surface area contributed by atoms with Crippen LogP contribution >= 0.6 is 11.8 Å². The van der Waals surface area contributed by atoms with Crippen LogP contribution in [0.1, 0.15) is 10.4 Å². The van der Waals surface area contributed by atoms with Crippen LogP contribution in [0.4, 0.5) is 4.39 Å². The molecule has 3 aromatic carbocycles. The number of para-hydroxylation sites is 1. The zero-order chi connectivity index (χ0) is 22.5. The summed E-state index contributed by atoms with van der Waals surface area (Å²) in [5.74, 6) is -1.47. The Hall–Kier alpha value is -3.98. The van der Waals surface area contributed by atoms with Gasteiger partial charge in [0.05, 0.1) is 22.3 Å². The van der Waals surface area contributed by atoms with Gasteiger partial charge in [-0.25, -0.2) is 9.37 Å². The molecule has 7 nitrogen and oxygen atoms in total. The zero-order valence-electron chi connectivity index (χ0n) is 16.6. The maximum atomic E-state index is 13.4. The summed E-state index contributed by atoms with van der Waals surface area (Å²) in [6, 6.07) is 20.7. The number of benzene rings is 3. The van der Waals surface area contributed by atoms with Gasteiger partial charge in [0.15, 0.2) is 5.16 Å². The highest BCUT2D eigenvalue weighted by Gasteiger charge is 2.15. The first-order chi connectivity index (χ1) is 15.5. The van der Waals surface area contributed by atoms with Crippen LogP contribution in [0.5, 0.6) is 0 Å². The van der Waals surface area contributed by atoms with Crippen LogP contribution in [0.15, 0.2) is 88.8 Å². The van der Waals surface area contributed by atoms with E-state index in [0.29, 0.717) is 22.2 Å². The van der Waals surface area contributed by atoms with Crippen molar-refractivity contribution in [3.05, 3.63) is 101 Å². The summed E-state index contributed by atoms with van der Waals surface area (Å²) in [6.45, 7) is 0. The minimum atomic E-state index is -0.479. The van der Waals surface area contributed by atoms with Gasteiger partial charge in [-0.15, -0.1) is 0 Å². The van der Waals surface area contributed by atoms with E-state index in [2.05, 4.69) is 15.8 Å². The fourth-order valence-corrected chi connectivity index (χ4v) is 3.79. The molecule has 160 valence electrons. The summed E-state index contributed by atoms with van der Waals surface area (Å²) in [5.41, 5.74) is 5.67. The lowest BCUT2D eigenvalue weighted by Gasteiger charge is -2.13. The predicted molar refractivity (Wildman–Crippen MR) is 120 cm³/mol. The molecule has 4 aromatic rings. The van der Waals surface area contributed by atoms with Gasteiger partial charge in [0.25, 0.3) is 11.5 Å². The van der Waals surface area contributed by atoms with Crippen molar-refractivity contribution >= 4 is 34.5 Å². The number of hydrogen-bond acceptors (Lipinski definition) is 5. The van der Waals surface area contributed by atoms with Gasteiger partial charge in [-0.1, -0.05) is 42.1 Å². The van der Waals surface area contributed by atoms with Gasteiger partial charge in [-0.3, -0.25) is 29.8 Å². The molecule has 0 unspecified atom stereocenters. The molecular formula is C23H17FN4O3S. The van der Waals surface area contributed by atoms with Crippen molar-refractivity contribution < 1.29 is 14.0 Å². The number of amides is 2. The average molecular weight is 448 g/mol. The van der Waals surface area contributed by atoms with Crippen LogP contribution in [0.25, 0.3) is 16.6 Å². The van der Waals surface area contributed by atoms with E-state index in [1.807, 2.05) is 0 Å². The molecule has 2 N–H and O–H groups in total. The average Bonchev–Trinajstić information content (AvgIpc) is 2.82. The van der Waals surface area contributed by atoms with E-state index in [4.69, 9.17) is 0 Å². The second kappa shape index (κ2) is 9.44. The Labute approximate surface area is 186 Å². The van der Waals surface area contributed by atoms with Gasteiger partial charge in [-0.05, 0) is 48.5 Å². The fourth-order valence-electron chi connectivity index (χ4n) is 2.98. The maximum Gasteiger partial charge on any atom is 0.269 e. The predicted octanol–water partition coefficient (Wildman–Crippen LogP) is 3.08. The molecule has 0 aliphatic heterocycles. The molecule has 0 spiro atoms. The molecule has 0 bridgehead atoms. The van der Waals surface area contributed by atoms with Gasteiger partial charge in [0, 0.05) is 5.56 Å². The number of hydrogen-bond donors (Lipinski definition) is 2. The number of nitrogens with zero attached hydrogens (tertiary/aromatic N) is 2. The van der Waals surface area contributed by atoms with Crippen LogP contribution in [-0.2, 0) is 4.79 Å². The summed E-state index contributed by atoms with van der Waals surface area (Å²) < 4.78 is 14.7. The number of nitrogens with one attached hydrogen (secondary N) is 2. The van der Waals surface area contributed by atoms with E-state index in [9.17, 15) is 18.8 Å². The largest absolute Gasteiger partial charge is 0.272 e. The quantitative estimate of drug-likeness (QED) is 0.278. The minimum Gasteiger partial charge on any atom is -0.272 e. The molecule has 4 rings (SSSR count). The molecule has 2 amide bonds. The smallest absolute Gasteiger partial charge is 0.269 e. The van der Waals surface area contributed by atoms with E-state index in [0.717, 1.165) is 11.8 Å². The number of carbonyl (C=O) groups excluding carboxylic acids is 2. The molecule has 0 fully saturated rings. The first-order valence-electron chi connectivity index (χ1n) is 9.58. The standard InChI is InChI=1S/C23H17FN4O3S/c24-16-10-12-17(13-11-16)28-22(31)18-8-4-5-9-19(18)25-23(28)32-14-20(29)26-27-21(30)15-6-2-1-3-7-15/h1-13H,14H2,(H,26,29)(H,27,30). The van der Waals surface area contributed by atoms with Crippen LogP contribution in [0.3, 0.4) is 0 Å². The SMILES string of the molecule is O=C(CSc1nc2ccccc2c(=O)n1-c1ccc(F)cc1)NNC(=O)c1ccccc1. The molecule has 9 heteroatoms. The van der Waals surface area contributed by atoms with Gasteiger partial charge in [0.1, 0.15) is 5.82 Å². The van der Waals surface area contributed by atoms with Crippen molar-refractivity contribution in [2.24, 2.45) is 0 Å². The second-order valence-electron chi connectivity index (χ2n) is 6.69. The van der Waals surface area contributed by atoms with Crippen molar-refractivity contribution in [3.63, 3.8) is 0 Å². The minimum absolute atomic E-state index is 0.110. The maximum absolute atomic E-state index is 13.4. The third kappa shape index (κ3) is 4.68. The fraction of sp³-hybridized carbons (Fsp3) is 0.0435. The molecular weight excluding hydrogens is 431 g/mol. The number of hydrazine groups is 1.